The van der Waals surface area contributed by atoms with E-state index in [1.807, 2.05) is 11.3 Å². The molecule has 1 heterocycles. The zero-order valence-electron chi connectivity index (χ0n) is 28.2. The first-order valence-corrected chi connectivity index (χ1v) is 17.9. The number of hydrogen-bond donors (Lipinski definition) is 1. The van der Waals surface area contributed by atoms with E-state index < -0.39 is 0 Å². The van der Waals surface area contributed by atoms with Crippen molar-refractivity contribution in [2.45, 2.75) is 70.6 Å². The molecular weight excluding hydrogens is 587 g/mol. The van der Waals surface area contributed by atoms with Crippen molar-refractivity contribution in [3.05, 3.63) is 131 Å². The standard InChI is InChI=1S/C45H41NS/c1-43(2)19-20-44(3,4)40-26-38-36(25-39(40)43)33-17-14-30(23-37(33)45(38,5)6)27-11-12-29-22-31(15-13-28(29)21-27)46-32-16-18-35-34-9-7-8-10-41(34)47-42(35)24-32/h7-18,21-26,46H,19-20H2,1-6H3. The summed E-state index contributed by atoms with van der Waals surface area (Å²) in [7, 11) is 0. The van der Waals surface area contributed by atoms with E-state index in [1.165, 1.54) is 77.2 Å². The maximum Gasteiger partial charge on any atom is 0.0398 e. The molecule has 0 saturated carbocycles. The second-order valence-corrected chi connectivity index (χ2v) is 16.9. The Kier molecular flexibility index (Phi) is 6.01. The number of rotatable bonds is 3. The second kappa shape index (κ2) is 9.81. The van der Waals surface area contributed by atoms with Crippen LogP contribution in [0, 0.1) is 0 Å². The van der Waals surface area contributed by atoms with Crippen molar-refractivity contribution in [3.8, 4) is 22.3 Å². The summed E-state index contributed by atoms with van der Waals surface area (Å²) in [5.74, 6) is 0. The highest BCUT2D eigenvalue weighted by Crippen LogP contribution is 2.55. The van der Waals surface area contributed by atoms with Gasteiger partial charge in [0.15, 0.2) is 0 Å². The lowest BCUT2D eigenvalue weighted by Crippen LogP contribution is -2.34. The summed E-state index contributed by atoms with van der Waals surface area (Å²) in [4.78, 5) is 0. The molecule has 0 bridgehead atoms. The van der Waals surface area contributed by atoms with Crippen LogP contribution in [0.4, 0.5) is 11.4 Å². The van der Waals surface area contributed by atoms with Crippen molar-refractivity contribution in [2.24, 2.45) is 0 Å². The van der Waals surface area contributed by atoms with Crippen LogP contribution in [0.2, 0.25) is 0 Å². The number of thiophene rings is 1. The first kappa shape index (κ1) is 28.8. The van der Waals surface area contributed by atoms with Gasteiger partial charge in [-0.05, 0) is 127 Å². The first-order chi connectivity index (χ1) is 22.5. The monoisotopic (exact) mass is 627 g/mol. The van der Waals surface area contributed by atoms with E-state index in [2.05, 4.69) is 156 Å². The lowest BCUT2D eigenvalue weighted by atomic mass is 9.62. The maximum absolute atomic E-state index is 3.66. The minimum atomic E-state index is -0.0380. The Morgan fingerprint density at radius 1 is 0.489 bits per heavy atom. The molecule has 1 aromatic heterocycles. The molecular formula is C45H41NS. The topological polar surface area (TPSA) is 12.0 Å². The van der Waals surface area contributed by atoms with Gasteiger partial charge in [-0.15, -0.1) is 11.3 Å². The molecule has 0 spiro atoms. The third-order valence-corrected chi connectivity index (χ3v) is 12.6. The van der Waals surface area contributed by atoms with Crippen LogP contribution in [0.3, 0.4) is 0 Å². The summed E-state index contributed by atoms with van der Waals surface area (Å²) in [5.41, 5.74) is 14.0. The minimum absolute atomic E-state index is 0.0380. The molecule has 2 aliphatic carbocycles. The van der Waals surface area contributed by atoms with Crippen molar-refractivity contribution >= 4 is 53.7 Å². The van der Waals surface area contributed by atoms with Crippen LogP contribution >= 0.6 is 11.3 Å². The summed E-state index contributed by atoms with van der Waals surface area (Å²) in [6.07, 6.45) is 2.48. The molecule has 1 N–H and O–H groups in total. The summed E-state index contributed by atoms with van der Waals surface area (Å²) in [6, 6.07) is 41.3. The predicted molar refractivity (Wildman–Crippen MR) is 205 cm³/mol. The summed E-state index contributed by atoms with van der Waals surface area (Å²) >= 11 is 1.86. The third-order valence-electron chi connectivity index (χ3n) is 11.5. The Morgan fingerprint density at radius 2 is 1.11 bits per heavy atom. The van der Waals surface area contributed by atoms with Crippen molar-refractivity contribution in [1.29, 1.82) is 0 Å². The van der Waals surface area contributed by atoms with Crippen LogP contribution in [-0.4, -0.2) is 0 Å². The molecule has 2 heteroatoms. The molecule has 0 aliphatic heterocycles. The summed E-state index contributed by atoms with van der Waals surface area (Å²) in [5, 5.41) is 8.82. The van der Waals surface area contributed by atoms with Crippen molar-refractivity contribution < 1.29 is 0 Å². The zero-order valence-corrected chi connectivity index (χ0v) is 29.0. The Labute approximate surface area is 282 Å². The SMILES string of the molecule is CC1(C)CCC(C)(C)c2cc3c(cc21)-c1ccc(-c2ccc4cc(Nc5ccc6c(c5)sc5ccccc56)ccc4c2)cc1C3(C)C. The van der Waals surface area contributed by atoms with Gasteiger partial charge < -0.3 is 5.32 Å². The van der Waals surface area contributed by atoms with Gasteiger partial charge in [-0.3, -0.25) is 0 Å². The van der Waals surface area contributed by atoms with Gasteiger partial charge in [-0.2, -0.15) is 0 Å². The van der Waals surface area contributed by atoms with Crippen LogP contribution < -0.4 is 5.32 Å². The van der Waals surface area contributed by atoms with E-state index in [-0.39, 0.29) is 16.2 Å². The number of fused-ring (bicyclic) bond motifs is 8. The fourth-order valence-electron chi connectivity index (χ4n) is 8.45. The quantitative estimate of drug-likeness (QED) is 0.205. The van der Waals surface area contributed by atoms with Crippen LogP contribution in [-0.2, 0) is 16.2 Å². The zero-order chi connectivity index (χ0) is 32.3. The van der Waals surface area contributed by atoms with E-state index in [0.29, 0.717) is 0 Å². The molecule has 47 heavy (non-hydrogen) atoms. The van der Waals surface area contributed by atoms with E-state index >= 15 is 0 Å². The van der Waals surface area contributed by atoms with E-state index in [0.717, 1.165) is 11.4 Å². The molecule has 0 fully saturated rings. The lowest BCUT2D eigenvalue weighted by Gasteiger charge is -2.42. The highest BCUT2D eigenvalue weighted by atomic mass is 32.1. The highest BCUT2D eigenvalue weighted by Gasteiger charge is 2.42. The highest BCUT2D eigenvalue weighted by molar-refractivity contribution is 7.25. The molecule has 6 aromatic carbocycles. The summed E-state index contributed by atoms with van der Waals surface area (Å²) in [6.45, 7) is 14.6. The second-order valence-electron chi connectivity index (χ2n) is 15.8. The van der Waals surface area contributed by atoms with Gasteiger partial charge >= 0.3 is 0 Å². The van der Waals surface area contributed by atoms with Gasteiger partial charge in [-0.25, -0.2) is 0 Å². The molecule has 0 unspecified atom stereocenters. The van der Waals surface area contributed by atoms with E-state index in [4.69, 9.17) is 0 Å². The van der Waals surface area contributed by atoms with Gasteiger partial charge in [0.05, 0.1) is 0 Å². The largest absolute Gasteiger partial charge is 0.355 e. The van der Waals surface area contributed by atoms with Crippen LogP contribution in [0.1, 0.15) is 76.6 Å². The molecule has 7 aromatic rings. The fourth-order valence-corrected chi connectivity index (χ4v) is 9.59. The first-order valence-electron chi connectivity index (χ1n) is 17.0. The molecule has 2 aliphatic rings. The molecule has 232 valence electrons. The Balaban J connectivity index is 1.04. The molecule has 0 radical (unpaired) electrons. The smallest absolute Gasteiger partial charge is 0.0398 e. The predicted octanol–water partition coefficient (Wildman–Crippen LogP) is 13.3. The third kappa shape index (κ3) is 4.41. The van der Waals surface area contributed by atoms with Gasteiger partial charge in [0.2, 0.25) is 0 Å². The van der Waals surface area contributed by atoms with Gasteiger partial charge in [0.25, 0.3) is 0 Å². The van der Waals surface area contributed by atoms with Crippen molar-refractivity contribution in [2.75, 3.05) is 5.32 Å². The van der Waals surface area contributed by atoms with Crippen molar-refractivity contribution in [3.63, 3.8) is 0 Å². The van der Waals surface area contributed by atoms with E-state index in [1.54, 1.807) is 11.1 Å². The number of nitrogens with one attached hydrogen (secondary N) is 1. The lowest BCUT2D eigenvalue weighted by molar-refractivity contribution is 0.331. The average Bonchev–Trinajstić information content (AvgIpc) is 3.53. The normalized spacial score (nSPS) is 17.1. The Bertz CT molecular complexity index is 2420. The van der Waals surface area contributed by atoms with Gasteiger partial charge in [0.1, 0.15) is 0 Å². The van der Waals surface area contributed by atoms with E-state index in [9.17, 15) is 0 Å². The summed E-state index contributed by atoms with van der Waals surface area (Å²) < 4.78 is 2.65. The molecule has 0 amide bonds. The Morgan fingerprint density at radius 3 is 1.94 bits per heavy atom. The van der Waals surface area contributed by atoms with Crippen LogP contribution in [0.5, 0.6) is 0 Å². The number of anilines is 2. The molecule has 0 atom stereocenters. The molecule has 0 saturated heterocycles. The van der Waals surface area contributed by atoms with Crippen molar-refractivity contribution in [1.82, 2.24) is 0 Å². The van der Waals surface area contributed by atoms with Gasteiger partial charge in [-0.1, -0.05) is 102 Å². The fraction of sp³-hybridized carbons (Fsp3) is 0.244. The minimum Gasteiger partial charge on any atom is -0.355 e. The maximum atomic E-state index is 3.66. The van der Waals surface area contributed by atoms with Crippen LogP contribution in [0.15, 0.2) is 109 Å². The Hall–Kier alpha value is -4.40. The van der Waals surface area contributed by atoms with Gasteiger partial charge in [0, 0.05) is 37.0 Å². The molecule has 1 nitrogen and oxygen atoms in total. The molecule has 9 rings (SSSR count). The van der Waals surface area contributed by atoms with Crippen LogP contribution in [0.25, 0.3) is 53.2 Å². The number of hydrogen-bond acceptors (Lipinski definition) is 2. The number of benzene rings is 6. The average molecular weight is 628 g/mol.